The van der Waals surface area contributed by atoms with E-state index in [0.29, 0.717) is 6.61 Å². The number of hydrogen-bond acceptors (Lipinski definition) is 4. The Bertz CT molecular complexity index is 210. The largest absolute Gasteiger partial charge is 0.465 e. The summed E-state index contributed by atoms with van der Waals surface area (Å²) in [4.78, 5) is 14.1. The number of unbranched alkanes of at least 4 members (excludes halogenated alkanes) is 1. The number of carbonyl (C=O) groups excluding carboxylic acids is 1. The van der Waals surface area contributed by atoms with Gasteiger partial charge in [0.15, 0.2) is 0 Å². The van der Waals surface area contributed by atoms with Crippen LogP contribution in [0.1, 0.15) is 47.0 Å². The number of rotatable bonds is 11. The number of hydrogen-bond donors (Lipinski definition) is 1. The maximum Gasteiger partial charge on any atom is 0.323 e. The van der Waals surface area contributed by atoms with Gasteiger partial charge in [0.1, 0.15) is 6.04 Å². The molecule has 0 aliphatic rings. The molecule has 4 heteroatoms. The lowest BCUT2D eigenvalue weighted by atomic mass is 10.2. The quantitative estimate of drug-likeness (QED) is 0.576. The Labute approximate surface area is 112 Å². The first kappa shape index (κ1) is 17.4. The van der Waals surface area contributed by atoms with E-state index in [1.165, 1.54) is 12.8 Å². The van der Waals surface area contributed by atoms with Crippen molar-refractivity contribution in [3.05, 3.63) is 0 Å². The van der Waals surface area contributed by atoms with Crippen LogP contribution in [0.25, 0.3) is 0 Å². The molecule has 0 aromatic carbocycles. The Kier molecular flexibility index (Phi) is 11.1. The first-order valence-electron chi connectivity index (χ1n) is 7.31. The van der Waals surface area contributed by atoms with Crippen molar-refractivity contribution in [1.82, 2.24) is 10.2 Å². The smallest absolute Gasteiger partial charge is 0.323 e. The topological polar surface area (TPSA) is 41.6 Å². The molecule has 0 heterocycles. The van der Waals surface area contributed by atoms with Crippen LogP contribution in [-0.4, -0.2) is 49.7 Å². The van der Waals surface area contributed by atoms with Crippen molar-refractivity contribution in [3.63, 3.8) is 0 Å². The summed E-state index contributed by atoms with van der Waals surface area (Å²) in [7, 11) is 0. The second-order valence-corrected chi connectivity index (χ2v) is 4.44. The highest BCUT2D eigenvalue weighted by molar-refractivity contribution is 5.75. The van der Waals surface area contributed by atoms with Gasteiger partial charge in [-0.25, -0.2) is 0 Å². The van der Waals surface area contributed by atoms with Gasteiger partial charge in [-0.15, -0.1) is 0 Å². The third-order valence-electron chi connectivity index (χ3n) is 3.03. The lowest BCUT2D eigenvalue weighted by Gasteiger charge is -2.23. The fraction of sp³-hybridized carbons (Fsp3) is 0.929. The lowest BCUT2D eigenvalue weighted by Crippen LogP contribution is -2.41. The van der Waals surface area contributed by atoms with Gasteiger partial charge < -0.3 is 15.0 Å². The molecule has 18 heavy (non-hydrogen) atoms. The predicted octanol–water partition coefficient (Wildman–Crippen LogP) is 2.04. The van der Waals surface area contributed by atoms with Crippen molar-refractivity contribution < 1.29 is 9.53 Å². The molecule has 0 radical (unpaired) electrons. The first-order chi connectivity index (χ1) is 8.69. The van der Waals surface area contributed by atoms with Gasteiger partial charge in [0, 0.05) is 6.54 Å². The van der Waals surface area contributed by atoms with E-state index in [4.69, 9.17) is 4.74 Å². The molecule has 0 aromatic rings. The minimum atomic E-state index is -0.161. The molecule has 1 atom stereocenters. The number of ether oxygens (including phenoxy) is 1. The molecule has 0 aromatic heterocycles. The summed E-state index contributed by atoms with van der Waals surface area (Å²) in [5.41, 5.74) is 0. The highest BCUT2D eigenvalue weighted by Gasteiger charge is 2.19. The zero-order chi connectivity index (χ0) is 13.8. The van der Waals surface area contributed by atoms with Gasteiger partial charge in [-0.2, -0.15) is 0 Å². The van der Waals surface area contributed by atoms with Crippen LogP contribution >= 0.6 is 0 Å². The zero-order valence-electron chi connectivity index (χ0n) is 12.5. The normalized spacial score (nSPS) is 12.7. The SMILES string of the molecule is CCCCN(CC)CCC(NCC)C(=O)OCC. The second-order valence-electron chi connectivity index (χ2n) is 4.44. The van der Waals surface area contributed by atoms with Gasteiger partial charge in [-0.3, -0.25) is 4.79 Å². The van der Waals surface area contributed by atoms with Crippen LogP contribution in [0.4, 0.5) is 0 Å². The van der Waals surface area contributed by atoms with Crippen LogP contribution < -0.4 is 5.32 Å². The Hall–Kier alpha value is -0.610. The van der Waals surface area contributed by atoms with Crippen molar-refractivity contribution in [3.8, 4) is 0 Å². The van der Waals surface area contributed by atoms with Crippen LogP contribution in [-0.2, 0) is 9.53 Å². The van der Waals surface area contributed by atoms with E-state index in [2.05, 4.69) is 24.1 Å². The summed E-state index contributed by atoms with van der Waals surface area (Å²) in [6, 6.07) is -0.161. The van der Waals surface area contributed by atoms with E-state index in [9.17, 15) is 4.79 Å². The molecule has 0 fully saturated rings. The minimum Gasteiger partial charge on any atom is -0.465 e. The molecule has 0 saturated carbocycles. The lowest BCUT2D eigenvalue weighted by molar-refractivity contribution is -0.145. The maximum atomic E-state index is 11.7. The Balaban J connectivity index is 4.10. The average molecular weight is 258 g/mol. The van der Waals surface area contributed by atoms with Crippen molar-refractivity contribution in [2.45, 2.75) is 53.0 Å². The van der Waals surface area contributed by atoms with Crippen LogP contribution in [0.15, 0.2) is 0 Å². The van der Waals surface area contributed by atoms with Gasteiger partial charge in [0.2, 0.25) is 0 Å². The highest BCUT2D eigenvalue weighted by atomic mass is 16.5. The zero-order valence-corrected chi connectivity index (χ0v) is 12.5. The first-order valence-corrected chi connectivity index (χ1v) is 7.31. The molecular weight excluding hydrogens is 228 g/mol. The number of nitrogens with one attached hydrogen (secondary N) is 1. The van der Waals surface area contributed by atoms with Crippen LogP contribution in [0.2, 0.25) is 0 Å². The summed E-state index contributed by atoms with van der Waals surface area (Å²) < 4.78 is 5.08. The van der Waals surface area contributed by atoms with Crippen molar-refractivity contribution >= 4 is 5.97 Å². The van der Waals surface area contributed by atoms with Crippen molar-refractivity contribution in [2.24, 2.45) is 0 Å². The molecule has 0 saturated heterocycles. The molecule has 1 N–H and O–H groups in total. The Morgan fingerprint density at radius 3 is 2.44 bits per heavy atom. The second kappa shape index (κ2) is 11.5. The summed E-state index contributed by atoms with van der Waals surface area (Å²) in [5.74, 6) is -0.120. The van der Waals surface area contributed by atoms with Gasteiger partial charge in [-0.1, -0.05) is 27.2 Å². The summed E-state index contributed by atoms with van der Waals surface area (Å²) >= 11 is 0. The molecule has 108 valence electrons. The Morgan fingerprint density at radius 1 is 1.22 bits per heavy atom. The molecule has 0 amide bonds. The molecule has 0 bridgehead atoms. The van der Waals surface area contributed by atoms with E-state index in [-0.39, 0.29) is 12.0 Å². The molecule has 0 spiro atoms. The van der Waals surface area contributed by atoms with Gasteiger partial charge in [0.25, 0.3) is 0 Å². The monoisotopic (exact) mass is 258 g/mol. The fourth-order valence-corrected chi connectivity index (χ4v) is 1.91. The van der Waals surface area contributed by atoms with Gasteiger partial charge >= 0.3 is 5.97 Å². The van der Waals surface area contributed by atoms with Gasteiger partial charge in [-0.05, 0) is 39.4 Å². The molecular formula is C14H30N2O2. The third kappa shape index (κ3) is 7.67. The van der Waals surface area contributed by atoms with E-state index < -0.39 is 0 Å². The van der Waals surface area contributed by atoms with Crippen LogP contribution in [0.3, 0.4) is 0 Å². The van der Waals surface area contributed by atoms with Gasteiger partial charge in [0.05, 0.1) is 6.61 Å². The van der Waals surface area contributed by atoms with Crippen LogP contribution in [0.5, 0.6) is 0 Å². The predicted molar refractivity (Wildman–Crippen MR) is 75.7 cm³/mol. The maximum absolute atomic E-state index is 11.7. The Morgan fingerprint density at radius 2 is 1.94 bits per heavy atom. The number of likely N-dealkylation sites (N-methyl/N-ethyl adjacent to an activating group) is 1. The van der Waals surface area contributed by atoms with E-state index in [1.54, 1.807) is 0 Å². The van der Waals surface area contributed by atoms with E-state index in [1.807, 2.05) is 13.8 Å². The number of carbonyl (C=O) groups is 1. The molecule has 0 aliphatic carbocycles. The average Bonchev–Trinajstić information content (AvgIpc) is 2.37. The third-order valence-corrected chi connectivity index (χ3v) is 3.03. The molecule has 0 aliphatic heterocycles. The van der Waals surface area contributed by atoms with Crippen LogP contribution in [0, 0.1) is 0 Å². The van der Waals surface area contributed by atoms with Crippen molar-refractivity contribution in [2.75, 3.05) is 32.8 Å². The minimum absolute atomic E-state index is 0.120. The standard InChI is InChI=1S/C14H30N2O2/c1-5-9-11-16(7-3)12-10-13(15-6-2)14(17)18-8-4/h13,15H,5-12H2,1-4H3. The molecule has 1 unspecified atom stereocenters. The summed E-state index contributed by atoms with van der Waals surface area (Å²) in [5, 5.41) is 3.20. The number of esters is 1. The number of nitrogens with zero attached hydrogens (tertiary/aromatic N) is 1. The van der Waals surface area contributed by atoms with E-state index >= 15 is 0 Å². The summed E-state index contributed by atoms with van der Waals surface area (Å²) in [6.07, 6.45) is 3.26. The molecule has 4 nitrogen and oxygen atoms in total. The van der Waals surface area contributed by atoms with E-state index in [0.717, 1.165) is 32.6 Å². The molecule has 0 rings (SSSR count). The summed E-state index contributed by atoms with van der Waals surface area (Å²) in [6.45, 7) is 12.6. The fourth-order valence-electron chi connectivity index (χ4n) is 1.91. The highest BCUT2D eigenvalue weighted by Crippen LogP contribution is 2.01. The van der Waals surface area contributed by atoms with Crippen molar-refractivity contribution in [1.29, 1.82) is 0 Å².